The molecule has 0 spiro atoms. The Labute approximate surface area is 129 Å². The van der Waals surface area contributed by atoms with Gasteiger partial charge in [-0.15, -0.1) is 0 Å². The van der Waals surface area contributed by atoms with Crippen molar-refractivity contribution < 1.29 is 13.5 Å². The minimum atomic E-state index is -0.319. The molecule has 0 saturated carbocycles. The van der Waals surface area contributed by atoms with E-state index in [4.69, 9.17) is 14.9 Å². The third-order valence-corrected chi connectivity index (χ3v) is 3.86. The summed E-state index contributed by atoms with van der Waals surface area (Å²) in [5.41, 5.74) is 7.53. The molecule has 108 valence electrons. The van der Waals surface area contributed by atoms with Crippen molar-refractivity contribution in [2.45, 2.75) is 13.2 Å². The molecule has 1 heterocycles. The standard InChI is InChI=1S/C16H13BrFNO2/c17-13-7-10(18)5-6-15(13)20-9-16-12(8-19)11-3-1-2-4-14(11)21-16/h1-7H,8-9,19H2. The molecule has 0 saturated heterocycles. The average molecular weight is 350 g/mol. The first kappa shape index (κ1) is 14.1. The van der Waals surface area contributed by atoms with Crippen molar-refractivity contribution in [2.75, 3.05) is 0 Å². The summed E-state index contributed by atoms with van der Waals surface area (Å²) in [6.45, 7) is 0.617. The molecule has 3 rings (SSSR count). The van der Waals surface area contributed by atoms with Gasteiger partial charge in [0.25, 0.3) is 0 Å². The first-order valence-electron chi connectivity index (χ1n) is 6.46. The number of nitrogens with two attached hydrogens (primary N) is 1. The van der Waals surface area contributed by atoms with Crippen LogP contribution >= 0.6 is 15.9 Å². The van der Waals surface area contributed by atoms with E-state index < -0.39 is 0 Å². The van der Waals surface area contributed by atoms with Crippen molar-refractivity contribution in [1.29, 1.82) is 0 Å². The van der Waals surface area contributed by atoms with Crippen LogP contribution in [0, 0.1) is 5.82 Å². The van der Waals surface area contributed by atoms with Crippen LogP contribution in [0.3, 0.4) is 0 Å². The highest BCUT2D eigenvalue weighted by Gasteiger charge is 2.13. The van der Waals surface area contributed by atoms with E-state index in [-0.39, 0.29) is 12.4 Å². The highest BCUT2D eigenvalue weighted by Crippen LogP contribution is 2.29. The molecule has 5 heteroatoms. The second-order valence-corrected chi connectivity index (χ2v) is 5.42. The number of para-hydroxylation sites is 1. The van der Waals surface area contributed by atoms with Gasteiger partial charge in [0.15, 0.2) is 0 Å². The van der Waals surface area contributed by atoms with E-state index in [0.29, 0.717) is 22.5 Å². The molecule has 0 fully saturated rings. The predicted molar refractivity (Wildman–Crippen MR) is 82.5 cm³/mol. The second kappa shape index (κ2) is 5.87. The zero-order valence-electron chi connectivity index (χ0n) is 11.1. The number of hydrogen-bond donors (Lipinski definition) is 1. The maximum atomic E-state index is 13.0. The van der Waals surface area contributed by atoms with E-state index in [1.807, 2.05) is 24.3 Å². The molecular formula is C16H13BrFNO2. The van der Waals surface area contributed by atoms with Gasteiger partial charge >= 0.3 is 0 Å². The van der Waals surface area contributed by atoms with E-state index >= 15 is 0 Å². The van der Waals surface area contributed by atoms with Crippen LogP contribution in [0.1, 0.15) is 11.3 Å². The van der Waals surface area contributed by atoms with Crippen molar-refractivity contribution in [3.05, 3.63) is 64.1 Å². The summed E-state index contributed by atoms with van der Waals surface area (Å²) >= 11 is 3.27. The van der Waals surface area contributed by atoms with E-state index in [0.717, 1.165) is 16.5 Å². The average Bonchev–Trinajstić information content (AvgIpc) is 2.83. The zero-order chi connectivity index (χ0) is 14.8. The number of rotatable bonds is 4. The summed E-state index contributed by atoms with van der Waals surface area (Å²) in [6, 6.07) is 12.0. The van der Waals surface area contributed by atoms with Crippen molar-refractivity contribution in [3.8, 4) is 5.75 Å². The Kier molecular flexibility index (Phi) is 3.94. The number of halogens is 2. The van der Waals surface area contributed by atoms with Gasteiger partial charge in [0.1, 0.15) is 29.5 Å². The van der Waals surface area contributed by atoms with E-state index in [9.17, 15) is 4.39 Å². The smallest absolute Gasteiger partial charge is 0.147 e. The van der Waals surface area contributed by atoms with Gasteiger partial charge in [-0.05, 0) is 40.2 Å². The van der Waals surface area contributed by atoms with Gasteiger partial charge in [-0.3, -0.25) is 0 Å². The van der Waals surface area contributed by atoms with Gasteiger partial charge < -0.3 is 14.9 Å². The van der Waals surface area contributed by atoms with Crippen LogP contribution in [0.25, 0.3) is 11.0 Å². The third kappa shape index (κ3) is 2.80. The molecule has 0 aliphatic heterocycles. The molecule has 21 heavy (non-hydrogen) atoms. The fourth-order valence-electron chi connectivity index (χ4n) is 2.23. The lowest BCUT2D eigenvalue weighted by Gasteiger charge is -2.07. The molecule has 3 nitrogen and oxygen atoms in total. The first-order chi connectivity index (χ1) is 10.2. The summed E-state index contributed by atoms with van der Waals surface area (Å²) < 4.78 is 25.1. The number of benzene rings is 2. The van der Waals surface area contributed by atoms with Crippen molar-refractivity contribution in [2.24, 2.45) is 5.73 Å². The monoisotopic (exact) mass is 349 g/mol. The van der Waals surface area contributed by atoms with Crippen LogP contribution in [-0.4, -0.2) is 0 Å². The number of hydrogen-bond acceptors (Lipinski definition) is 3. The summed E-state index contributed by atoms with van der Waals surface area (Å²) in [4.78, 5) is 0. The van der Waals surface area contributed by atoms with Crippen molar-refractivity contribution >= 4 is 26.9 Å². The minimum absolute atomic E-state index is 0.242. The minimum Gasteiger partial charge on any atom is -0.484 e. The van der Waals surface area contributed by atoms with E-state index in [2.05, 4.69) is 15.9 Å². The largest absolute Gasteiger partial charge is 0.484 e. The van der Waals surface area contributed by atoms with Crippen LogP contribution in [0.2, 0.25) is 0 Å². The van der Waals surface area contributed by atoms with E-state index in [1.165, 1.54) is 12.1 Å². The Hall–Kier alpha value is -1.85. The molecule has 0 aliphatic carbocycles. The molecule has 2 N–H and O–H groups in total. The van der Waals surface area contributed by atoms with E-state index in [1.54, 1.807) is 6.07 Å². The fraction of sp³-hybridized carbons (Fsp3) is 0.125. The molecule has 3 aromatic rings. The Balaban J connectivity index is 1.88. The zero-order valence-corrected chi connectivity index (χ0v) is 12.7. The molecule has 0 bridgehead atoms. The van der Waals surface area contributed by atoms with Gasteiger partial charge in [-0.25, -0.2) is 4.39 Å². The molecule has 0 amide bonds. The van der Waals surface area contributed by atoms with Gasteiger partial charge in [-0.2, -0.15) is 0 Å². The number of ether oxygens (including phenoxy) is 1. The highest BCUT2D eigenvalue weighted by atomic mass is 79.9. The van der Waals surface area contributed by atoms with Crippen molar-refractivity contribution in [1.82, 2.24) is 0 Å². The lowest BCUT2D eigenvalue weighted by molar-refractivity contribution is 0.270. The molecular weight excluding hydrogens is 337 g/mol. The van der Waals surface area contributed by atoms with Crippen LogP contribution in [0.5, 0.6) is 5.75 Å². The first-order valence-corrected chi connectivity index (χ1v) is 7.25. The quantitative estimate of drug-likeness (QED) is 0.760. The second-order valence-electron chi connectivity index (χ2n) is 4.57. The summed E-state index contributed by atoms with van der Waals surface area (Å²) in [5.74, 6) is 0.926. The Bertz CT molecular complexity index is 785. The summed E-state index contributed by atoms with van der Waals surface area (Å²) in [5, 5.41) is 0.997. The maximum Gasteiger partial charge on any atom is 0.147 e. The Morgan fingerprint density at radius 3 is 2.76 bits per heavy atom. The predicted octanol–water partition coefficient (Wildman–Crippen LogP) is 4.37. The van der Waals surface area contributed by atoms with Crippen LogP contribution in [-0.2, 0) is 13.2 Å². The maximum absolute atomic E-state index is 13.0. The van der Waals surface area contributed by atoms with Crippen molar-refractivity contribution in [3.63, 3.8) is 0 Å². The highest BCUT2D eigenvalue weighted by molar-refractivity contribution is 9.10. The summed E-state index contributed by atoms with van der Waals surface area (Å²) in [6.07, 6.45) is 0. The van der Waals surface area contributed by atoms with Crippen LogP contribution in [0.4, 0.5) is 4.39 Å². The summed E-state index contributed by atoms with van der Waals surface area (Å²) in [7, 11) is 0. The topological polar surface area (TPSA) is 48.4 Å². The molecule has 0 atom stereocenters. The van der Waals surface area contributed by atoms with Crippen LogP contribution in [0.15, 0.2) is 51.4 Å². The lowest BCUT2D eigenvalue weighted by Crippen LogP contribution is -2.02. The van der Waals surface area contributed by atoms with Gasteiger partial charge in [0.05, 0.1) is 4.47 Å². The molecule has 0 radical (unpaired) electrons. The molecule has 2 aromatic carbocycles. The number of fused-ring (bicyclic) bond motifs is 1. The number of furan rings is 1. The lowest BCUT2D eigenvalue weighted by atomic mass is 10.1. The Morgan fingerprint density at radius 2 is 2.00 bits per heavy atom. The molecule has 0 unspecified atom stereocenters. The third-order valence-electron chi connectivity index (χ3n) is 3.24. The van der Waals surface area contributed by atoms with Gasteiger partial charge in [0, 0.05) is 17.5 Å². The van der Waals surface area contributed by atoms with Gasteiger partial charge in [-0.1, -0.05) is 18.2 Å². The Morgan fingerprint density at radius 1 is 1.19 bits per heavy atom. The SMILES string of the molecule is NCc1c(COc2ccc(F)cc2Br)oc2ccccc12. The fourth-order valence-corrected chi connectivity index (χ4v) is 2.69. The molecule has 0 aliphatic rings. The van der Waals surface area contributed by atoms with Crippen LogP contribution < -0.4 is 10.5 Å². The molecule has 1 aromatic heterocycles. The normalized spacial score (nSPS) is 11.0. The van der Waals surface area contributed by atoms with Gasteiger partial charge in [0.2, 0.25) is 0 Å².